The van der Waals surface area contributed by atoms with Gasteiger partial charge in [0.25, 0.3) is 5.91 Å². The first kappa shape index (κ1) is 21.3. The van der Waals surface area contributed by atoms with Gasteiger partial charge in [0.2, 0.25) is 5.91 Å². The molecular formula is C23H24ClF3N4O2. The molecule has 2 aromatic heterocycles. The molecule has 0 N–H and O–H groups in total. The zero-order valence-corrected chi connectivity index (χ0v) is 18.7. The van der Waals surface area contributed by atoms with Crippen molar-refractivity contribution in [2.24, 2.45) is 11.8 Å². The van der Waals surface area contributed by atoms with Crippen LogP contribution < -0.4 is 0 Å². The van der Waals surface area contributed by atoms with Crippen LogP contribution in [0.5, 0.6) is 0 Å². The lowest BCUT2D eigenvalue weighted by Crippen LogP contribution is -2.56. The Hall–Kier alpha value is -2.29. The van der Waals surface area contributed by atoms with Crippen LogP contribution in [0.1, 0.15) is 66.1 Å². The maximum absolute atomic E-state index is 13.7. The van der Waals surface area contributed by atoms with Gasteiger partial charge in [0.15, 0.2) is 11.3 Å². The van der Waals surface area contributed by atoms with Gasteiger partial charge in [-0.05, 0) is 61.5 Å². The fourth-order valence-electron chi connectivity index (χ4n) is 6.08. The Labute approximate surface area is 193 Å². The first-order valence-electron chi connectivity index (χ1n) is 11.6. The summed E-state index contributed by atoms with van der Waals surface area (Å²) >= 11 is 6.39. The standard InChI is InChI=1S/C23H24ClF3N4O2/c24-20-19(28-21-16(23(25,26)27)9-15(10-31(20)21)13-3-4-13)22(33)29-5-6-30(18(32)11-29)17-8-12-1-2-14(17)7-12/h9-10,12-14,17H,1-8,11H2. The maximum Gasteiger partial charge on any atom is 0.419 e. The van der Waals surface area contributed by atoms with E-state index in [1.165, 1.54) is 22.1 Å². The normalized spacial score (nSPS) is 27.8. The van der Waals surface area contributed by atoms with Crippen molar-refractivity contribution in [1.29, 1.82) is 0 Å². The smallest absolute Gasteiger partial charge is 0.336 e. The average Bonchev–Trinajstić information content (AvgIpc) is 3.27. The average molecular weight is 481 g/mol. The summed E-state index contributed by atoms with van der Waals surface area (Å²) in [6.45, 7) is 0.654. The lowest BCUT2D eigenvalue weighted by Gasteiger charge is -2.40. The van der Waals surface area contributed by atoms with E-state index in [1.807, 2.05) is 4.90 Å². The minimum absolute atomic E-state index is 0.0738. The molecule has 10 heteroatoms. The van der Waals surface area contributed by atoms with Crippen LogP contribution in [0.25, 0.3) is 5.65 Å². The van der Waals surface area contributed by atoms with Crippen LogP contribution in [-0.2, 0) is 11.0 Å². The number of pyridine rings is 1. The number of amides is 2. The van der Waals surface area contributed by atoms with Crippen molar-refractivity contribution >= 4 is 29.1 Å². The fraction of sp³-hybridized carbons (Fsp3) is 0.609. The van der Waals surface area contributed by atoms with E-state index in [-0.39, 0.29) is 40.9 Å². The highest BCUT2D eigenvalue weighted by Gasteiger charge is 2.45. The Morgan fingerprint density at radius 1 is 1.12 bits per heavy atom. The molecule has 3 saturated carbocycles. The van der Waals surface area contributed by atoms with Crippen LogP contribution in [0.4, 0.5) is 13.2 Å². The summed E-state index contributed by atoms with van der Waals surface area (Å²) in [7, 11) is 0. The lowest BCUT2D eigenvalue weighted by atomic mass is 9.93. The summed E-state index contributed by atoms with van der Waals surface area (Å²) in [6.07, 6.45) is 3.19. The second-order valence-electron chi connectivity index (χ2n) is 9.96. The summed E-state index contributed by atoms with van der Waals surface area (Å²) in [5.74, 6) is 0.609. The molecule has 2 bridgehead atoms. The Kier molecular flexibility index (Phi) is 4.74. The number of alkyl halides is 3. The minimum atomic E-state index is -4.62. The molecule has 2 amide bonds. The van der Waals surface area contributed by atoms with Crippen molar-refractivity contribution in [2.45, 2.75) is 56.7 Å². The number of carbonyl (C=O) groups excluding carboxylic acids is 2. The Morgan fingerprint density at radius 3 is 2.52 bits per heavy atom. The third-order valence-electron chi connectivity index (χ3n) is 7.89. The first-order chi connectivity index (χ1) is 15.7. The van der Waals surface area contributed by atoms with Crippen LogP contribution in [0, 0.1) is 11.8 Å². The van der Waals surface area contributed by atoms with Crippen LogP contribution in [0.15, 0.2) is 12.3 Å². The van der Waals surface area contributed by atoms with Crippen molar-refractivity contribution in [3.05, 3.63) is 34.2 Å². The Balaban J connectivity index is 1.27. The summed E-state index contributed by atoms with van der Waals surface area (Å²) < 4.78 is 42.4. The molecule has 33 heavy (non-hydrogen) atoms. The Bertz CT molecular complexity index is 1160. The van der Waals surface area contributed by atoms with Crippen molar-refractivity contribution < 1.29 is 22.8 Å². The minimum Gasteiger partial charge on any atom is -0.336 e. The molecule has 3 unspecified atom stereocenters. The van der Waals surface area contributed by atoms with Gasteiger partial charge in [-0.3, -0.25) is 14.0 Å². The van der Waals surface area contributed by atoms with Gasteiger partial charge in [0.05, 0.1) is 5.56 Å². The van der Waals surface area contributed by atoms with Crippen molar-refractivity contribution in [2.75, 3.05) is 19.6 Å². The lowest BCUT2D eigenvalue weighted by molar-refractivity contribution is -0.139. The molecule has 3 atom stereocenters. The number of imidazole rings is 1. The van der Waals surface area contributed by atoms with Crippen molar-refractivity contribution in [1.82, 2.24) is 19.2 Å². The predicted octanol–water partition coefficient (Wildman–Crippen LogP) is 4.36. The number of aromatic nitrogens is 2. The molecular weight excluding hydrogens is 457 g/mol. The maximum atomic E-state index is 13.7. The van der Waals surface area contributed by atoms with Crippen LogP contribution in [-0.4, -0.2) is 56.7 Å². The quantitative estimate of drug-likeness (QED) is 0.656. The van der Waals surface area contributed by atoms with E-state index in [0.717, 1.165) is 31.7 Å². The highest BCUT2D eigenvalue weighted by Crippen LogP contribution is 2.47. The molecule has 0 radical (unpaired) electrons. The number of hydrogen-bond donors (Lipinski definition) is 0. The van der Waals surface area contributed by atoms with E-state index in [1.54, 1.807) is 6.20 Å². The van der Waals surface area contributed by atoms with E-state index < -0.39 is 17.6 Å². The molecule has 3 aliphatic carbocycles. The second kappa shape index (κ2) is 7.35. The summed E-state index contributed by atoms with van der Waals surface area (Å²) in [5.41, 5.74) is -0.976. The summed E-state index contributed by atoms with van der Waals surface area (Å²) in [4.78, 5) is 33.4. The third kappa shape index (κ3) is 3.50. The predicted molar refractivity (Wildman–Crippen MR) is 114 cm³/mol. The number of halogens is 4. The topological polar surface area (TPSA) is 57.9 Å². The highest BCUT2D eigenvalue weighted by molar-refractivity contribution is 6.33. The van der Waals surface area contributed by atoms with Gasteiger partial charge < -0.3 is 9.80 Å². The largest absolute Gasteiger partial charge is 0.419 e. The number of hydrogen-bond acceptors (Lipinski definition) is 3. The molecule has 6 rings (SSSR count). The second-order valence-corrected chi connectivity index (χ2v) is 10.3. The molecule has 0 aromatic carbocycles. The van der Waals surface area contributed by atoms with Gasteiger partial charge in [0.1, 0.15) is 11.7 Å². The number of rotatable bonds is 3. The zero-order chi connectivity index (χ0) is 23.1. The van der Waals surface area contributed by atoms with Gasteiger partial charge in [0, 0.05) is 25.3 Å². The van der Waals surface area contributed by atoms with E-state index in [9.17, 15) is 22.8 Å². The molecule has 0 spiro atoms. The number of nitrogens with zero attached hydrogens (tertiary/aromatic N) is 4. The molecule has 3 heterocycles. The van der Waals surface area contributed by atoms with Gasteiger partial charge in [-0.15, -0.1) is 0 Å². The molecule has 176 valence electrons. The van der Waals surface area contributed by atoms with Gasteiger partial charge in [-0.2, -0.15) is 13.2 Å². The SMILES string of the molecule is O=C(c1nc2c(C(F)(F)F)cc(C3CC3)cn2c1Cl)N1CCN(C2CC3CCC2C3)C(=O)C1. The number of carbonyl (C=O) groups is 2. The van der Waals surface area contributed by atoms with E-state index >= 15 is 0 Å². The van der Waals surface area contributed by atoms with E-state index in [2.05, 4.69) is 4.98 Å². The van der Waals surface area contributed by atoms with Crippen LogP contribution in [0.3, 0.4) is 0 Å². The number of piperazine rings is 1. The van der Waals surface area contributed by atoms with Gasteiger partial charge in [-0.1, -0.05) is 18.0 Å². The van der Waals surface area contributed by atoms with Crippen molar-refractivity contribution in [3.63, 3.8) is 0 Å². The van der Waals surface area contributed by atoms with E-state index in [0.29, 0.717) is 30.5 Å². The van der Waals surface area contributed by atoms with Crippen LogP contribution >= 0.6 is 11.6 Å². The molecule has 4 fully saturated rings. The molecule has 2 aromatic rings. The van der Waals surface area contributed by atoms with Gasteiger partial charge >= 0.3 is 6.18 Å². The van der Waals surface area contributed by atoms with Crippen LogP contribution in [0.2, 0.25) is 5.15 Å². The first-order valence-corrected chi connectivity index (χ1v) is 12.0. The zero-order valence-electron chi connectivity index (χ0n) is 17.9. The number of fused-ring (bicyclic) bond motifs is 3. The Morgan fingerprint density at radius 2 is 1.91 bits per heavy atom. The molecule has 6 nitrogen and oxygen atoms in total. The molecule has 4 aliphatic rings. The molecule has 1 saturated heterocycles. The van der Waals surface area contributed by atoms with Gasteiger partial charge in [-0.25, -0.2) is 4.98 Å². The third-order valence-corrected chi connectivity index (χ3v) is 8.25. The monoisotopic (exact) mass is 480 g/mol. The fourth-order valence-corrected chi connectivity index (χ4v) is 6.33. The van der Waals surface area contributed by atoms with Crippen molar-refractivity contribution in [3.8, 4) is 0 Å². The van der Waals surface area contributed by atoms with E-state index in [4.69, 9.17) is 11.6 Å². The summed E-state index contributed by atoms with van der Waals surface area (Å²) in [6, 6.07) is 1.37. The summed E-state index contributed by atoms with van der Waals surface area (Å²) in [5, 5.41) is -0.147. The highest BCUT2D eigenvalue weighted by atomic mass is 35.5. The molecule has 1 aliphatic heterocycles.